The number of fused-ring (bicyclic) bond motifs is 1. The SMILES string of the molecule is Cc1cnc2ccc(N(CO[Si](C)(C)C)c3ccccc3)cc2c1. The molecule has 0 radical (unpaired) electrons. The van der Waals surface area contributed by atoms with Crippen LogP contribution in [-0.2, 0) is 4.43 Å². The minimum Gasteiger partial charge on any atom is -0.400 e. The summed E-state index contributed by atoms with van der Waals surface area (Å²) in [5.41, 5.74) is 4.45. The highest BCUT2D eigenvalue weighted by atomic mass is 28.4. The summed E-state index contributed by atoms with van der Waals surface area (Å²) in [7, 11) is -1.60. The van der Waals surface area contributed by atoms with Crippen molar-refractivity contribution >= 4 is 30.6 Å². The van der Waals surface area contributed by atoms with E-state index in [1.807, 2.05) is 12.3 Å². The minimum absolute atomic E-state index is 0.560. The second-order valence-electron chi connectivity index (χ2n) is 7.04. The zero-order valence-corrected chi connectivity index (χ0v) is 15.8. The van der Waals surface area contributed by atoms with Crippen LogP contribution >= 0.6 is 0 Å². The molecular weight excluding hydrogens is 312 g/mol. The van der Waals surface area contributed by atoms with Gasteiger partial charge in [-0.1, -0.05) is 18.2 Å². The van der Waals surface area contributed by atoms with Crippen LogP contribution in [0.5, 0.6) is 0 Å². The molecule has 0 unspecified atom stereocenters. The number of para-hydroxylation sites is 1. The van der Waals surface area contributed by atoms with Gasteiger partial charge in [-0.3, -0.25) is 4.98 Å². The fourth-order valence-electron chi connectivity index (χ4n) is 2.56. The van der Waals surface area contributed by atoms with Crippen molar-refractivity contribution in [1.82, 2.24) is 4.98 Å². The minimum atomic E-state index is -1.60. The third-order valence-corrected chi connectivity index (χ3v) is 4.80. The normalized spacial score (nSPS) is 11.7. The number of aromatic nitrogens is 1. The molecule has 0 amide bonds. The predicted octanol–water partition coefficient (Wildman–Crippen LogP) is 5.49. The molecular formula is C20H24N2OSi. The molecule has 4 heteroatoms. The van der Waals surface area contributed by atoms with Gasteiger partial charge in [-0.2, -0.15) is 0 Å². The fourth-order valence-corrected chi connectivity index (χ4v) is 3.08. The van der Waals surface area contributed by atoms with E-state index in [0.29, 0.717) is 6.73 Å². The zero-order valence-electron chi connectivity index (χ0n) is 14.8. The summed E-state index contributed by atoms with van der Waals surface area (Å²) in [6.07, 6.45) is 1.91. The van der Waals surface area contributed by atoms with Crippen LogP contribution < -0.4 is 4.90 Å². The van der Waals surface area contributed by atoms with Gasteiger partial charge in [0, 0.05) is 23.0 Å². The molecule has 3 nitrogen and oxygen atoms in total. The van der Waals surface area contributed by atoms with Crippen LogP contribution in [0.15, 0.2) is 60.8 Å². The Morgan fingerprint density at radius 1 is 0.958 bits per heavy atom. The molecule has 0 aliphatic rings. The average Bonchev–Trinajstić information content (AvgIpc) is 2.54. The number of hydrogen-bond acceptors (Lipinski definition) is 3. The van der Waals surface area contributed by atoms with Crippen LogP contribution in [0.3, 0.4) is 0 Å². The summed E-state index contributed by atoms with van der Waals surface area (Å²) < 4.78 is 6.19. The summed E-state index contributed by atoms with van der Waals surface area (Å²) in [5, 5.41) is 1.15. The first-order valence-corrected chi connectivity index (χ1v) is 11.7. The van der Waals surface area contributed by atoms with Crippen molar-refractivity contribution < 1.29 is 4.43 Å². The highest BCUT2D eigenvalue weighted by Gasteiger charge is 2.18. The summed E-state index contributed by atoms with van der Waals surface area (Å²) in [4.78, 5) is 6.72. The number of benzene rings is 2. The topological polar surface area (TPSA) is 25.4 Å². The number of pyridine rings is 1. The van der Waals surface area contributed by atoms with Crippen molar-refractivity contribution in [3.8, 4) is 0 Å². The van der Waals surface area contributed by atoms with E-state index in [2.05, 4.69) is 85.0 Å². The molecule has 124 valence electrons. The third kappa shape index (κ3) is 4.02. The molecule has 0 spiro atoms. The van der Waals surface area contributed by atoms with Crippen LogP contribution in [0.25, 0.3) is 10.9 Å². The molecule has 24 heavy (non-hydrogen) atoms. The second kappa shape index (κ2) is 6.75. The molecule has 2 aromatic carbocycles. The lowest BCUT2D eigenvalue weighted by Crippen LogP contribution is -2.32. The molecule has 0 bridgehead atoms. The monoisotopic (exact) mass is 336 g/mol. The van der Waals surface area contributed by atoms with Crippen molar-refractivity contribution in [2.45, 2.75) is 26.6 Å². The van der Waals surface area contributed by atoms with Gasteiger partial charge in [0.1, 0.15) is 6.73 Å². The quantitative estimate of drug-likeness (QED) is 0.455. The number of anilines is 2. The van der Waals surface area contributed by atoms with Crippen molar-refractivity contribution in [3.05, 3.63) is 66.4 Å². The number of aryl methyl sites for hydroxylation is 1. The number of hydrogen-bond donors (Lipinski definition) is 0. The second-order valence-corrected chi connectivity index (χ2v) is 11.6. The summed E-state index contributed by atoms with van der Waals surface area (Å²) in [6, 6.07) is 18.9. The largest absolute Gasteiger partial charge is 0.400 e. The summed E-state index contributed by atoms with van der Waals surface area (Å²) >= 11 is 0. The van der Waals surface area contributed by atoms with Crippen molar-refractivity contribution in [2.75, 3.05) is 11.6 Å². The van der Waals surface area contributed by atoms with E-state index in [9.17, 15) is 0 Å². The lowest BCUT2D eigenvalue weighted by molar-refractivity contribution is 0.321. The molecule has 0 saturated heterocycles. The molecule has 1 heterocycles. The van der Waals surface area contributed by atoms with Gasteiger partial charge < -0.3 is 9.33 Å². The van der Waals surface area contributed by atoms with Gasteiger partial charge in [0.05, 0.1) is 5.52 Å². The van der Waals surface area contributed by atoms with E-state index < -0.39 is 8.32 Å². The van der Waals surface area contributed by atoms with Gasteiger partial charge in [0.25, 0.3) is 0 Å². The van der Waals surface area contributed by atoms with Gasteiger partial charge in [-0.05, 0) is 68.5 Å². The molecule has 0 fully saturated rings. The molecule has 0 N–H and O–H groups in total. The molecule has 0 aliphatic heterocycles. The molecule has 0 saturated carbocycles. The average molecular weight is 337 g/mol. The lowest BCUT2D eigenvalue weighted by atomic mass is 10.1. The molecule has 3 aromatic rings. The van der Waals surface area contributed by atoms with Gasteiger partial charge in [-0.25, -0.2) is 0 Å². The van der Waals surface area contributed by atoms with E-state index >= 15 is 0 Å². The van der Waals surface area contributed by atoms with Gasteiger partial charge >= 0.3 is 0 Å². The first-order chi connectivity index (χ1) is 11.4. The van der Waals surface area contributed by atoms with Crippen LogP contribution in [0.2, 0.25) is 19.6 Å². The standard InChI is InChI=1S/C20H24N2OSi/c1-16-12-17-13-19(10-11-20(17)21-14-16)22(15-23-24(2,3)4)18-8-6-5-7-9-18/h5-14H,15H2,1-4H3. The van der Waals surface area contributed by atoms with E-state index in [-0.39, 0.29) is 0 Å². The van der Waals surface area contributed by atoms with Crippen LogP contribution in [0.4, 0.5) is 11.4 Å². The number of rotatable bonds is 5. The molecule has 0 atom stereocenters. The zero-order chi connectivity index (χ0) is 17.2. The Kier molecular flexibility index (Phi) is 4.69. The lowest BCUT2D eigenvalue weighted by Gasteiger charge is -2.29. The van der Waals surface area contributed by atoms with Crippen LogP contribution in [0, 0.1) is 6.92 Å². The van der Waals surface area contributed by atoms with Gasteiger partial charge in [0.15, 0.2) is 8.32 Å². The molecule has 0 aliphatic carbocycles. The van der Waals surface area contributed by atoms with Crippen molar-refractivity contribution in [1.29, 1.82) is 0 Å². The Hall–Kier alpha value is -2.17. The van der Waals surface area contributed by atoms with Crippen LogP contribution in [-0.4, -0.2) is 20.0 Å². The first-order valence-electron chi connectivity index (χ1n) is 8.25. The number of nitrogens with zero attached hydrogens (tertiary/aromatic N) is 2. The summed E-state index contributed by atoms with van der Waals surface area (Å²) in [6.45, 7) is 9.27. The molecule has 1 aromatic heterocycles. The molecule has 3 rings (SSSR count). The maximum atomic E-state index is 6.19. The summed E-state index contributed by atoms with van der Waals surface area (Å²) in [5.74, 6) is 0. The van der Waals surface area contributed by atoms with Crippen LogP contribution in [0.1, 0.15) is 5.56 Å². The van der Waals surface area contributed by atoms with E-state index in [1.54, 1.807) is 0 Å². The highest BCUT2D eigenvalue weighted by Crippen LogP contribution is 2.28. The smallest absolute Gasteiger partial charge is 0.186 e. The van der Waals surface area contributed by atoms with Gasteiger partial charge in [0.2, 0.25) is 0 Å². The Labute approximate surface area is 145 Å². The van der Waals surface area contributed by atoms with Gasteiger partial charge in [-0.15, -0.1) is 0 Å². The van der Waals surface area contributed by atoms with Crippen molar-refractivity contribution in [2.24, 2.45) is 0 Å². The maximum Gasteiger partial charge on any atom is 0.186 e. The van der Waals surface area contributed by atoms with E-state index in [4.69, 9.17) is 4.43 Å². The predicted molar refractivity (Wildman–Crippen MR) is 104 cm³/mol. The van der Waals surface area contributed by atoms with Crippen molar-refractivity contribution in [3.63, 3.8) is 0 Å². The Bertz CT molecular complexity index is 828. The highest BCUT2D eigenvalue weighted by molar-refractivity contribution is 6.69. The fraction of sp³-hybridized carbons (Fsp3) is 0.250. The Morgan fingerprint density at radius 3 is 2.42 bits per heavy atom. The third-order valence-electron chi connectivity index (χ3n) is 3.81. The first kappa shape index (κ1) is 16.7. The maximum absolute atomic E-state index is 6.19. The van der Waals surface area contributed by atoms with E-state index in [1.165, 1.54) is 5.56 Å². The Morgan fingerprint density at radius 2 is 1.71 bits per heavy atom. The Balaban J connectivity index is 2.01. The van der Waals surface area contributed by atoms with E-state index in [0.717, 1.165) is 22.3 Å².